The molecule has 1 fully saturated rings. The first kappa shape index (κ1) is 12.1. The minimum absolute atomic E-state index is 0.846. The minimum Gasteiger partial charge on any atom is -0.0651 e. The van der Waals surface area contributed by atoms with Crippen molar-refractivity contribution >= 4 is 0 Å². The summed E-state index contributed by atoms with van der Waals surface area (Å²) in [6, 6.07) is 0. The Labute approximate surface area is 90.5 Å². The number of hydrogen-bond donors (Lipinski definition) is 0. The predicted octanol–water partition coefficient (Wildman–Crippen LogP) is 4.74. The van der Waals surface area contributed by atoms with Crippen molar-refractivity contribution in [2.75, 3.05) is 0 Å². The van der Waals surface area contributed by atoms with Gasteiger partial charge in [0.25, 0.3) is 0 Å². The topological polar surface area (TPSA) is 0 Å². The highest BCUT2D eigenvalue weighted by Crippen LogP contribution is 2.42. The first-order valence-electron chi connectivity index (χ1n) is 6.57. The van der Waals surface area contributed by atoms with Gasteiger partial charge in [0.05, 0.1) is 0 Å². The molecule has 0 heteroatoms. The zero-order chi connectivity index (χ0) is 10.7. The lowest BCUT2D eigenvalue weighted by atomic mass is 9.65. The van der Waals surface area contributed by atoms with Crippen LogP contribution in [0.2, 0.25) is 0 Å². The van der Waals surface area contributed by atoms with Crippen molar-refractivity contribution in [1.82, 2.24) is 0 Å². The van der Waals surface area contributed by atoms with Gasteiger partial charge in [-0.15, -0.1) is 0 Å². The lowest BCUT2D eigenvalue weighted by Crippen LogP contribution is -2.31. The molecule has 0 aromatic carbocycles. The van der Waals surface area contributed by atoms with Crippen LogP contribution in [-0.2, 0) is 0 Å². The Morgan fingerprint density at radius 1 is 1.00 bits per heavy atom. The molecular formula is C14H28. The van der Waals surface area contributed by atoms with Crippen molar-refractivity contribution in [2.45, 2.75) is 60.3 Å². The monoisotopic (exact) mass is 196 g/mol. The van der Waals surface area contributed by atoms with E-state index >= 15 is 0 Å². The third-order valence-corrected chi connectivity index (χ3v) is 4.78. The Balaban J connectivity index is 2.49. The fourth-order valence-electron chi connectivity index (χ4n) is 3.00. The summed E-state index contributed by atoms with van der Waals surface area (Å²) in [7, 11) is 0. The molecule has 84 valence electrons. The van der Waals surface area contributed by atoms with E-state index in [9.17, 15) is 0 Å². The molecule has 0 spiro atoms. The molecule has 0 aliphatic heterocycles. The normalized spacial score (nSPS) is 24.4. The highest BCUT2D eigenvalue weighted by Gasteiger charge is 2.32. The molecule has 0 aromatic heterocycles. The Morgan fingerprint density at radius 3 is 1.86 bits per heavy atom. The van der Waals surface area contributed by atoms with Gasteiger partial charge in [-0.2, -0.15) is 0 Å². The molecule has 0 radical (unpaired) electrons. The van der Waals surface area contributed by atoms with Gasteiger partial charge in [-0.25, -0.2) is 0 Å². The SMILES string of the molecule is CCC(C1CCC1)C(C)C(C)C(C)C. The molecule has 0 amide bonds. The van der Waals surface area contributed by atoms with E-state index in [-0.39, 0.29) is 0 Å². The highest BCUT2D eigenvalue weighted by atomic mass is 14.4. The maximum Gasteiger partial charge on any atom is -0.0360 e. The fraction of sp³-hybridized carbons (Fsp3) is 1.00. The average molecular weight is 196 g/mol. The molecule has 0 nitrogen and oxygen atoms in total. The van der Waals surface area contributed by atoms with Crippen LogP contribution < -0.4 is 0 Å². The van der Waals surface area contributed by atoms with E-state index in [1.165, 1.54) is 25.7 Å². The number of rotatable bonds is 5. The molecule has 0 heterocycles. The standard InChI is InChI=1S/C14H28/c1-6-14(13-8-7-9-13)12(5)11(4)10(2)3/h10-14H,6-9H2,1-5H3. The lowest BCUT2D eigenvalue weighted by molar-refractivity contribution is 0.0995. The first-order chi connectivity index (χ1) is 6.57. The minimum atomic E-state index is 0.846. The maximum absolute atomic E-state index is 2.48. The molecule has 1 aliphatic rings. The number of hydrogen-bond acceptors (Lipinski definition) is 0. The molecular weight excluding hydrogens is 168 g/mol. The third kappa shape index (κ3) is 2.52. The zero-order valence-electron chi connectivity index (χ0n) is 10.7. The van der Waals surface area contributed by atoms with Gasteiger partial charge in [-0.3, -0.25) is 0 Å². The van der Waals surface area contributed by atoms with Gasteiger partial charge in [-0.1, -0.05) is 60.3 Å². The van der Waals surface area contributed by atoms with E-state index in [0.717, 1.165) is 29.6 Å². The summed E-state index contributed by atoms with van der Waals surface area (Å²) in [6.45, 7) is 12.0. The van der Waals surface area contributed by atoms with Crippen molar-refractivity contribution in [3.8, 4) is 0 Å². The summed E-state index contributed by atoms with van der Waals surface area (Å²) in [4.78, 5) is 0. The molecule has 0 aromatic rings. The van der Waals surface area contributed by atoms with E-state index in [2.05, 4.69) is 34.6 Å². The average Bonchev–Trinajstić information content (AvgIpc) is 2.08. The Hall–Kier alpha value is 0. The van der Waals surface area contributed by atoms with E-state index in [4.69, 9.17) is 0 Å². The molecule has 1 aliphatic carbocycles. The van der Waals surface area contributed by atoms with Crippen LogP contribution in [0, 0.1) is 29.6 Å². The van der Waals surface area contributed by atoms with Gasteiger partial charge in [0, 0.05) is 0 Å². The second-order valence-electron chi connectivity index (χ2n) is 5.73. The van der Waals surface area contributed by atoms with Crippen LogP contribution >= 0.6 is 0 Å². The zero-order valence-corrected chi connectivity index (χ0v) is 10.7. The molecule has 0 saturated heterocycles. The largest absolute Gasteiger partial charge is 0.0651 e. The summed E-state index contributed by atoms with van der Waals surface area (Å²) < 4.78 is 0. The molecule has 1 rings (SSSR count). The van der Waals surface area contributed by atoms with Crippen LogP contribution in [0.25, 0.3) is 0 Å². The van der Waals surface area contributed by atoms with E-state index < -0.39 is 0 Å². The summed E-state index contributed by atoms with van der Waals surface area (Å²) in [5.41, 5.74) is 0. The first-order valence-corrected chi connectivity index (χ1v) is 6.57. The summed E-state index contributed by atoms with van der Waals surface area (Å²) in [5.74, 6) is 4.72. The van der Waals surface area contributed by atoms with Gasteiger partial charge in [-0.05, 0) is 29.6 Å². The van der Waals surface area contributed by atoms with Gasteiger partial charge in [0.2, 0.25) is 0 Å². The van der Waals surface area contributed by atoms with Crippen LogP contribution in [0.5, 0.6) is 0 Å². The Morgan fingerprint density at radius 2 is 1.57 bits per heavy atom. The van der Waals surface area contributed by atoms with Crippen LogP contribution in [-0.4, -0.2) is 0 Å². The fourth-order valence-corrected chi connectivity index (χ4v) is 3.00. The highest BCUT2D eigenvalue weighted by molar-refractivity contribution is 4.82. The van der Waals surface area contributed by atoms with Crippen LogP contribution in [0.3, 0.4) is 0 Å². The van der Waals surface area contributed by atoms with E-state index in [0.29, 0.717) is 0 Å². The third-order valence-electron chi connectivity index (χ3n) is 4.78. The van der Waals surface area contributed by atoms with Gasteiger partial charge < -0.3 is 0 Å². The second-order valence-corrected chi connectivity index (χ2v) is 5.73. The molecule has 0 N–H and O–H groups in total. The van der Waals surface area contributed by atoms with Crippen LogP contribution in [0.15, 0.2) is 0 Å². The van der Waals surface area contributed by atoms with E-state index in [1.54, 1.807) is 0 Å². The van der Waals surface area contributed by atoms with Crippen molar-refractivity contribution in [2.24, 2.45) is 29.6 Å². The predicted molar refractivity (Wildman–Crippen MR) is 64.3 cm³/mol. The van der Waals surface area contributed by atoms with Crippen molar-refractivity contribution in [3.63, 3.8) is 0 Å². The van der Waals surface area contributed by atoms with E-state index in [1.807, 2.05) is 0 Å². The molecule has 14 heavy (non-hydrogen) atoms. The Bertz CT molecular complexity index is 155. The quantitative estimate of drug-likeness (QED) is 0.595. The van der Waals surface area contributed by atoms with Crippen molar-refractivity contribution in [3.05, 3.63) is 0 Å². The van der Waals surface area contributed by atoms with Crippen molar-refractivity contribution in [1.29, 1.82) is 0 Å². The van der Waals surface area contributed by atoms with Crippen LogP contribution in [0.1, 0.15) is 60.3 Å². The van der Waals surface area contributed by atoms with Crippen LogP contribution in [0.4, 0.5) is 0 Å². The Kier molecular flexibility index (Phi) is 4.47. The summed E-state index contributed by atoms with van der Waals surface area (Å²) >= 11 is 0. The molecule has 1 saturated carbocycles. The van der Waals surface area contributed by atoms with Gasteiger partial charge >= 0.3 is 0 Å². The maximum atomic E-state index is 2.48. The second kappa shape index (κ2) is 5.19. The molecule has 3 unspecified atom stereocenters. The van der Waals surface area contributed by atoms with Gasteiger partial charge in [0.15, 0.2) is 0 Å². The smallest absolute Gasteiger partial charge is 0.0360 e. The lowest BCUT2D eigenvalue weighted by Gasteiger charge is -2.40. The van der Waals surface area contributed by atoms with Gasteiger partial charge in [0.1, 0.15) is 0 Å². The molecule has 0 bridgehead atoms. The van der Waals surface area contributed by atoms with Crippen molar-refractivity contribution < 1.29 is 0 Å². The summed E-state index contributed by atoms with van der Waals surface area (Å²) in [5, 5.41) is 0. The summed E-state index contributed by atoms with van der Waals surface area (Å²) in [6.07, 6.45) is 5.90. The molecule has 3 atom stereocenters.